The van der Waals surface area contributed by atoms with Gasteiger partial charge < -0.3 is 14.8 Å². The van der Waals surface area contributed by atoms with Crippen molar-refractivity contribution in [3.63, 3.8) is 0 Å². The third-order valence-electron chi connectivity index (χ3n) is 4.86. The highest BCUT2D eigenvalue weighted by Crippen LogP contribution is 2.30. The van der Waals surface area contributed by atoms with Crippen LogP contribution in [-0.4, -0.2) is 27.9 Å². The Balaban J connectivity index is 1.44. The van der Waals surface area contributed by atoms with Crippen molar-refractivity contribution in [3.05, 3.63) is 65.1 Å². The molecule has 0 saturated heterocycles. The van der Waals surface area contributed by atoms with Crippen LogP contribution >= 0.6 is 0 Å². The van der Waals surface area contributed by atoms with Gasteiger partial charge in [0.1, 0.15) is 17.4 Å². The fraction of sp³-hybridized carbons (Fsp3) is 0.238. The smallest absolute Gasteiger partial charge is 0.189 e. The van der Waals surface area contributed by atoms with E-state index in [9.17, 15) is 4.39 Å². The Hall–Kier alpha value is -3.19. The quantitative estimate of drug-likeness (QED) is 0.584. The molecule has 0 bridgehead atoms. The first-order valence-electron chi connectivity index (χ1n) is 9.20. The number of aryl methyl sites for hydroxylation is 1. The zero-order valence-corrected chi connectivity index (χ0v) is 15.4. The summed E-state index contributed by atoms with van der Waals surface area (Å²) in [6.45, 7) is 3.12. The van der Waals surface area contributed by atoms with E-state index in [0.717, 1.165) is 44.9 Å². The third kappa shape index (κ3) is 2.93. The van der Waals surface area contributed by atoms with E-state index in [-0.39, 0.29) is 12.6 Å². The summed E-state index contributed by atoms with van der Waals surface area (Å²) in [5.41, 5.74) is 4.28. The van der Waals surface area contributed by atoms with E-state index >= 15 is 0 Å². The number of hydrogen-bond acceptors (Lipinski definition) is 5. The second kappa shape index (κ2) is 6.76. The Bertz CT molecular complexity index is 1190. The number of aromatic nitrogens is 3. The lowest BCUT2D eigenvalue weighted by molar-refractivity contribution is -0.0172. The van der Waals surface area contributed by atoms with Crippen molar-refractivity contribution in [3.8, 4) is 5.75 Å². The SMILES string of the molecule is Cc1cc2nc(NCCc3cc(F)cc4c3OCOC4)c3ccccc3n2n1. The first-order chi connectivity index (χ1) is 13.7. The molecular weight excluding hydrogens is 359 g/mol. The van der Waals surface area contributed by atoms with E-state index in [2.05, 4.69) is 10.4 Å². The van der Waals surface area contributed by atoms with Crippen LogP contribution in [0.1, 0.15) is 16.8 Å². The van der Waals surface area contributed by atoms with Crippen LogP contribution in [0, 0.1) is 12.7 Å². The number of ether oxygens (including phenoxy) is 2. The van der Waals surface area contributed by atoms with Crippen molar-refractivity contribution in [1.82, 2.24) is 14.6 Å². The molecule has 1 aliphatic rings. The topological polar surface area (TPSA) is 60.7 Å². The Morgan fingerprint density at radius 1 is 1.21 bits per heavy atom. The molecule has 0 radical (unpaired) electrons. The third-order valence-corrected chi connectivity index (χ3v) is 4.86. The summed E-state index contributed by atoms with van der Waals surface area (Å²) >= 11 is 0. The van der Waals surface area contributed by atoms with Crippen molar-refractivity contribution >= 4 is 22.4 Å². The van der Waals surface area contributed by atoms with Crippen molar-refractivity contribution in [2.45, 2.75) is 20.0 Å². The van der Waals surface area contributed by atoms with Gasteiger partial charge in [0, 0.05) is 23.6 Å². The molecule has 6 nitrogen and oxygen atoms in total. The van der Waals surface area contributed by atoms with E-state index in [1.165, 1.54) is 12.1 Å². The average molecular weight is 378 g/mol. The van der Waals surface area contributed by atoms with Gasteiger partial charge in [-0.15, -0.1) is 0 Å². The first kappa shape index (κ1) is 16.9. The van der Waals surface area contributed by atoms with E-state index in [1.54, 1.807) is 0 Å². The van der Waals surface area contributed by atoms with Gasteiger partial charge in [-0.3, -0.25) is 0 Å². The standard InChI is InChI=1S/C21H19FN4O2/c1-13-8-19-24-21(17-4-2-3-5-18(17)26(19)25-13)23-7-6-14-9-16(22)10-15-11-27-12-28-20(14)15/h2-5,8-10H,6-7,11-12H2,1H3,(H,23,24). The Kier molecular flexibility index (Phi) is 4.09. The van der Waals surface area contributed by atoms with Crippen LogP contribution in [0.2, 0.25) is 0 Å². The van der Waals surface area contributed by atoms with Gasteiger partial charge in [-0.25, -0.2) is 13.9 Å². The summed E-state index contributed by atoms with van der Waals surface area (Å²) in [6.07, 6.45) is 0.611. The number of nitrogens with one attached hydrogen (secondary N) is 1. The molecule has 142 valence electrons. The molecule has 0 unspecified atom stereocenters. The van der Waals surface area contributed by atoms with Crippen molar-refractivity contribution in [1.29, 1.82) is 0 Å². The van der Waals surface area contributed by atoms with Gasteiger partial charge in [-0.2, -0.15) is 5.10 Å². The minimum absolute atomic E-state index is 0.197. The summed E-state index contributed by atoms with van der Waals surface area (Å²) in [4.78, 5) is 4.72. The number of para-hydroxylation sites is 1. The Morgan fingerprint density at radius 2 is 2.11 bits per heavy atom. The summed E-state index contributed by atoms with van der Waals surface area (Å²) in [6, 6.07) is 13.0. The minimum atomic E-state index is -0.275. The molecule has 4 aromatic rings. The maximum absolute atomic E-state index is 13.9. The normalized spacial score (nSPS) is 13.5. The number of rotatable bonds is 4. The molecule has 28 heavy (non-hydrogen) atoms. The monoisotopic (exact) mass is 378 g/mol. The van der Waals surface area contributed by atoms with Gasteiger partial charge in [-0.05, 0) is 43.2 Å². The molecule has 0 saturated carbocycles. The predicted octanol–water partition coefficient (Wildman–Crippen LogP) is 3.85. The fourth-order valence-electron chi connectivity index (χ4n) is 3.67. The van der Waals surface area contributed by atoms with Crippen molar-refractivity contribution in [2.24, 2.45) is 0 Å². The molecule has 3 heterocycles. The van der Waals surface area contributed by atoms with E-state index < -0.39 is 0 Å². The zero-order valence-electron chi connectivity index (χ0n) is 15.4. The van der Waals surface area contributed by atoms with Crippen molar-refractivity contribution in [2.75, 3.05) is 18.7 Å². The van der Waals surface area contributed by atoms with Crippen LogP contribution in [0.15, 0.2) is 42.5 Å². The van der Waals surface area contributed by atoms with Gasteiger partial charge in [0.15, 0.2) is 12.4 Å². The maximum Gasteiger partial charge on any atom is 0.189 e. The van der Waals surface area contributed by atoms with Gasteiger partial charge in [-0.1, -0.05) is 12.1 Å². The second-order valence-electron chi connectivity index (χ2n) is 6.87. The summed E-state index contributed by atoms with van der Waals surface area (Å²) in [7, 11) is 0. The molecule has 0 fully saturated rings. The van der Waals surface area contributed by atoms with Crippen LogP contribution in [0.3, 0.4) is 0 Å². The van der Waals surface area contributed by atoms with Crippen molar-refractivity contribution < 1.29 is 13.9 Å². The molecule has 0 amide bonds. The lowest BCUT2D eigenvalue weighted by atomic mass is 10.1. The maximum atomic E-state index is 13.9. The molecule has 1 N–H and O–H groups in total. The zero-order chi connectivity index (χ0) is 19.1. The Morgan fingerprint density at radius 3 is 3.04 bits per heavy atom. The molecule has 5 rings (SSSR count). The average Bonchev–Trinajstić information content (AvgIpc) is 3.08. The van der Waals surface area contributed by atoms with Crippen LogP contribution in [-0.2, 0) is 17.8 Å². The number of benzene rings is 2. The molecular formula is C21H19FN4O2. The largest absolute Gasteiger partial charge is 0.467 e. The molecule has 2 aromatic carbocycles. The molecule has 2 aromatic heterocycles. The summed E-state index contributed by atoms with van der Waals surface area (Å²) in [5, 5.41) is 8.92. The van der Waals surface area contributed by atoms with Crippen LogP contribution in [0.25, 0.3) is 16.6 Å². The molecule has 0 atom stereocenters. The van der Waals surface area contributed by atoms with Crippen LogP contribution in [0.5, 0.6) is 5.75 Å². The Labute approximate surface area is 160 Å². The number of nitrogens with zero attached hydrogens (tertiary/aromatic N) is 3. The summed E-state index contributed by atoms with van der Waals surface area (Å²) < 4.78 is 26.6. The summed E-state index contributed by atoms with van der Waals surface area (Å²) in [5.74, 6) is 1.24. The highest BCUT2D eigenvalue weighted by atomic mass is 19.1. The minimum Gasteiger partial charge on any atom is -0.467 e. The first-order valence-corrected chi connectivity index (χ1v) is 9.20. The fourth-order valence-corrected chi connectivity index (χ4v) is 3.67. The van der Waals surface area contributed by atoms with Gasteiger partial charge >= 0.3 is 0 Å². The van der Waals surface area contributed by atoms with Crippen LogP contribution < -0.4 is 10.1 Å². The van der Waals surface area contributed by atoms with E-state index in [0.29, 0.717) is 19.6 Å². The molecule has 0 aliphatic carbocycles. The lowest BCUT2D eigenvalue weighted by Gasteiger charge is -2.21. The van der Waals surface area contributed by atoms with Gasteiger partial charge in [0.25, 0.3) is 0 Å². The predicted molar refractivity (Wildman–Crippen MR) is 104 cm³/mol. The van der Waals surface area contributed by atoms with Crippen LogP contribution in [0.4, 0.5) is 10.2 Å². The number of fused-ring (bicyclic) bond motifs is 4. The van der Waals surface area contributed by atoms with E-state index in [1.807, 2.05) is 41.8 Å². The van der Waals surface area contributed by atoms with E-state index in [4.69, 9.17) is 14.5 Å². The molecule has 7 heteroatoms. The lowest BCUT2D eigenvalue weighted by Crippen LogP contribution is -2.15. The number of anilines is 1. The number of halogens is 1. The second-order valence-corrected chi connectivity index (χ2v) is 6.87. The molecule has 1 aliphatic heterocycles. The molecule has 0 spiro atoms. The van der Waals surface area contributed by atoms with Gasteiger partial charge in [0.05, 0.1) is 17.8 Å². The van der Waals surface area contributed by atoms with Gasteiger partial charge in [0.2, 0.25) is 0 Å². The highest BCUT2D eigenvalue weighted by Gasteiger charge is 2.17. The highest BCUT2D eigenvalue weighted by molar-refractivity contribution is 5.91. The number of hydrogen-bond donors (Lipinski definition) is 1.